The Balaban J connectivity index is 4.47. The predicted molar refractivity (Wildman–Crippen MR) is 244 cm³/mol. The van der Waals surface area contributed by atoms with Crippen LogP contribution < -0.4 is 0 Å². The van der Waals surface area contributed by atoms with Crippen molar-refractivity contribution >= 4 is 17.9 Å². The molecule has 0 spiro atoms. The van der Waals surface area contributed by atoms with Crippen LogP contribution in [-0.4, -0.2) is 87.4 Å². The van der Waals surface area contributed by atoms with Crippen LogP contribution in [0.25, 0.3) is 0 Å². The summed E-state index contributed by atoms with van der Waals surface area (Å²) in [5.41, 5.74) is 0. The minimum atomic E-state index is -1.52. The summed E-state index contributed by atoms with van der Waals surface area (Å²) >= 11 is 0. The Hall–Kier alpha value is -3.27. The summed E-state index contributed by atoms with van der Waals surface area (Å²) in [6.45, 7) is 4.67. The van der Waals surface area contributed by atoms with E-state index < -0.39 is 24.3 Å². The van der Waals surface area contributed by atoms with Gasteiger partial charge in [-0.15, -0.1) is 0 Å². The van der Waals surface area contributed by atoms with E-state index in [1.54, 1.807) is 0 Å². The zero-order valence-electron chi connectivity index (χ0n) is 38.1. The van der Waals surface area contributed by atoms with Gasteiger partial charge in [0.05, 0.1) is 34.4 Å². The summed E-state index contributed by atoms with van der Waals surface area (Å²) in [6.07, 6.45) is 48.2. The molecule has 0 aliphatic carbocycles. The number of hydrogen-bond donors (Lipinski definition) is 1. The van der Waals surface area contributed by atoms with E-state index in [0.717, 1.165) is 89.9 Å². The molecule has 0 rings (SSSR count). The first-order valence-electron chi connectivity index (χ1n) is 23.1. The molecule has 0 saturated heterocycles. The van der Waals surface area contributed by atoms with E-state index in [-0.39, 0.29) is 38.6 Å². The highest BCUT2D eigenvalue weighted by Crippen LogP contribution is 2.12. The molecule has 0 aromatic rings. The maximum atomic E-state index is 12.8. The number of rotatable bonds is 41. The van der Waals surface area contributed by atoms with Gasteiger partial charge in [0.2, 0.25) is 0 Å². The lowest BCUT2D eigenvalue weighted by atomic mass is 10.1. The smallest absolute Gasteiger partial charge is 0.361 e. The van der Waals surface area contributed by atoms with Crippen LogP contribution in [0, 0.1) is 0 Å². The number of unbranched alkanes of at least 4 members (excludes halogenated alkanes) is 14. The molecule has 0 aliphatic rings. The van der Waals surface area contributed by atoms with E-state index in [4.69, 9.17) is 18.9 Å². The number of carbonyl (C=O) groups excluding carboxylic acids is 2. The summed E-state index contributed by atoms with van der Waals surface area (Å²) in [5.74, 6) is -2.07. The Labute approximate surface area is 360 Å². The molecule has 0 aromatic heterocycles. The largest absolute Gasteiger partial charge is 0.477 e. The van der Waals surface area contributed by atoms with Crippen LogP contribution in [0.4, 0.5) is 0 Å². The molecule has 0 heterocycles. The highest BCUT2D eigenvalue weighted by molar-refractivity contribution is 5.71. The number of nitrogens with zero attached hydrogens (tertiary/aromatic N) is 1. The molecule has 0 aliphatic heterocycles. The maximum absolute atomic E-state index is 12.8. The van der Waals surface area contributed by atoms with Crippen LogP contribution >= 0.6 is 0 Å². The summed E-state index contributed by atoms with van der Waals surface area (Å²) in [6, 6.07) is 0. The third kappa shape index (κ3) is 42.7. The maximum Gasteiger partial charge on any atom is 0.361 e. The van der Waals surface area contributed by atoms with Crippen molar-refractivity contribution in [3.8, 4) is 0 Å². The molecule has 0 radical (unpaired) electrons. The predicted octanol–water partition coefficient (Wildman–Crippen LogP) is 12.3. The second kappa shape index (κ2) is 41.5. The van der Waals surface area contributed by atoms with Gasteiger partial charge in [-0.2, -0.15) is 0 Å². The van der Waals surface area contributed by atoms with Crippen LogP contribution in [-0.2, 0) is 33.3 Å². The van der Waals surface area contributed by atoms with Crippen molar-refractivity contribution in [2.45, 2.75) is 180 Å². The quantitative estimate of drug-likeness (QED) is 0.0213. The molecule has 2 unspecified atom stereocenters. The number of likely N-dealkylation sites (N-methyl/N-ethyl adjacent to an activating group) is 1. The lowest BCUT2D eigenvalue weighted by Gasteiger charge is -2.25. The fourth-order valence-corrected chi connectivity index (χ4v) is 5.86. The van der Waals surface area contributed by atoms with Crippen LogP contribution in [0.2, 0.25) is 0 Å². The van der Waals surface area contributed by atoms with Gasteiger partial charge >= 0.3 is 17.9 Å². The monoisotopic (exact) mass is 829 g/mol. The normalized spacial score (nSPS) is 13.6. The molecule has 0 fully saturated rings. The summed E-state index contributed by atoms with van der Waals surface area (Å²) in [7, 11) is 5.93. The zero-order chi connectivity index (χ0) is 43.5. The molecule has 2 atom stereocenters. The summed E-state index contributed by atoms with van der Waals surface area (Å²) in [4.78, 5) is 37.1. The fourth-order valence-electron chi connectivity index (χ4n) is 5.86. The van der Waals surface area contributed by atoms with Gasteiger partial charge in [0, 0.05) is 12.8 Å². The number of esters is 2. The zero-order valence-corrected chi connectivity index (χ0v) is 38.1. The van der Waals surface area contributed by atoms with E-state index in [1.165, 1.54) is 38.5 Å². The first-order chi connectivity index (χ1) is 28.6. The minimum absolute atomic E-state index is 0.176. The molecular formula is C50H86NO8+. The van der Waals surface area contributed by atoms with Gasteiger partial charge in [-0.05, 0) is 83.5 Å². The summed E-state index contributed by atoms with van der Waals surface area (Å²) < 4.78 is 22.7. The number of carboxylic acids is 1. The lowest BCUT2D eigenvalue weighted by Crippen LogP contribution is -2.40. The minimum Gasteiger partial charge on any atom is -0.477 e. The van der Waals surface area contributed by atoms with Crippen LogP contribution in [0.1, 0.15) is 168 Å². The molecule has 0 aromatic carbocycles. The number of hydrogen-bond acceptors (Lipinski definition) is 7. The Morgan fingerprint density at radius 2 is 0.966 bits per heavy atom. The molecule has 9 heteroatoms. The molecule has 1 N–H and O–H groups in total. The standard InChI is InChI=1S/C50H85NO8/c1-6-8-10-12-14-16-18-20-21-22-23-24-25-26-27-29-31-33-35-37-39-41-48(53)59-46(45-58-50(49(54)55)56-43-42-51(3,4)5)44-57-47(52)40-38-36-34-32-30-28-19-17-15-13-11-9-7-2/h9,11,15,17-18,20,22-23,25-26,28,30,46,50H,6-8,10,12-14,16,19,21,24,27,29,31-45H2,1-5H3/p+1/b11-9-,17-15-,20-18-,23-22-,26-25-,30-28-. The SMILES string of the molecule is CC/C=C\C/C=C\C/C=C\CCCCCC(=O)OCC(COC(OCC[N+](C)(C)C)C(=O)O)OC(=O)CCCCCCCC/C=C\C/C=C\C/C=C\CCCCCCC. The average molecular weight is 829 g/mol. The van der Waals surface area contributed by atoms with Crippen molar-refractivity contribution in [2.24, 2.45) is 0 Å². The number of aliphatic carboxylic acids is 1. The van der Waals surface area contributed by atoms with Crippen molar-refractivity contribution in [2.75, 3.05) is 47.5 Å². The molecule has 0 saturated carbocycles. The van der Waals surface area contributed by atoms with Crippen molar-refractivity contribution in [1.82, 2.24) is 0 Å². The first kappa shape index (κ1) is 55.7. The molecule has 59 heavy (non-hydrogen) atoms. The third-order valence-corrected chi connectivity index (χ3v) is 9.45. The van der Waals surface area contributed by atoms with Crippen LogP contribution in [0.3, 0.4) is 0 Å². The average Bonchev–Trinajstić information content (AvgIpc) is 3.19. The summed E-state index contributed by atoms with van der Waals surface area (Å²) in [5, 5.41) is 9.64. The van der Waals surface area contributed by atoms with E-state index in [9.17, 15) is 19.5 Å². The van der Waals surface area contributed by atoms with E-state index >= 15 is 0 Å². The van der Waals surface area contributed by atoms with Gasteiger partial charge in [0.25, 0.3) is 6.29 Å². The molecule has 0 bridgehead atoms. The molecule has 9 nitrogen and oxygen atoms in total. The molecule has 338 valence electrons. The topological polar surface area (TPSA) is 108 Å². The van der Waals surface area contributed by atoms with Gasteiger partial charge in [0.1, 0.15) is 13.2 Å². The fraction of sp³-hybridized carbons (Fsp3) is 0.700. The highest BCUT2D eigenvalue weighted by Gasteiger charge is 2.25. The van der Waals surface area contributed by atoms with Gasteiger partial charge < -0.3 is 28.5 Å². The number of carboxylic acid groups (broad SMARTS) is 1. The van der Waals surface area contributed by atoms with Crippen LogP contribution in [0.15, 0.2) is 72.9 Å². The van der Waals surface area contributed by atoms with E-state index in [0.29, 0.717) is 23.9 Å². The van der Waals surface area contributed by atoms with Gasteiger partial charge in [-0.1, -0.05) is 145 Å². The Morgan fingerprint density at radius 1 is 0.525 bits per heavy atom. The van der Waals surface area contributed by atoms with Crippen LogP contribution in [0.5, 0.6) is 0 Å². The van der Waals surface area contributed by atoms with Crippen molar-refractivity contribution in [3.05, 3.63) is 72.9 Å². The molecular weight excluding hydrogens is 743 g/mol. The van der Waals surface area contributed by atoms with E-state index in [1.807, 2.05) is 21.1 Å². The third-order valence-electron chi connectivity index (χ3n) is 9.45. The number of carbonyl (C=O) groups is 3. The number of ether oxygens (including phenoxy) is 4. The first-order valence-corrected chi connectivity index (χ1v) is 23.1. The van der Waals surface area contributed by atoms with E-state index in [2.05, 4.69) is 86.8 Å². The van der Waals surface area contributed by atoms with Gasteiger partial charge in [0.15, 0.2) is 6.10 Å². The van der Waals surface area contributed by atoms with Gasteiger partial charge in [-0.25, -0.2) is 4.79 Å². The highest BCUT2D eigenvalue weighted by atomic mass is 16.7. The number of allylic oxidation sites excluding steroid dienone is 12. The van der Waals surface area contributed by atoms with Gasteiger partial charge in [-0.3, -0.25) is 9.59 Å². The Kier molecular flexibility index (Phi) is 39.2. The Bertz CT molecular complexity index is 1200. The molecule has 0 amide bonds. The Morgan fingerprint density at radius 3 is 1.46 bits per heavy atom. The second-order valence-corrected chi connectivity index (χ2v) is 16.3. The van der Waals surface area contributed by atoms with Crippen molar-refractivity contribution in [3.63, 3.8) is 0 Å². The number of quaternary nitrogens is 1. The second-order valence-electron chi connectivity index (χ2n) is 16.3. The lowest BCUT2D eigenvalue weighted by molar-refractivity contribution is -0.870. The van der Waals surface area contributed by atoms with Crippen molar-refractivity contribution < 1.29 is 42.9 Å². The van der Waals surface area contributed by atoms with Crippen molar-refractivity contribution in [1.29, 1.82) is 0 Å².